The van der Waals surface area contributed by atoms with E-state index in [1.54, 1.807) is 0 Å². The highest BCUT2D eigenvalue weighted by Gasteiger charge is 2.27. The number of hydrogen-bond donors (Lipinski definition) is 1. The molecule has 0 bridgehead atoms. The van der Waals surface area contributed by atoms with Gasteiger partial charge >= 0.3 is 19.8 Å². The van der Waals surface area contributed by atoms with Crippen molar-refractivity contribution in [1.29, 1.82) is 0 Å². The van der Waals surface area contributed by atoms with Crippen LogP contribution in [0.2, 0.25) is 0 Å². The number of unbranched alkanes of at least 4 members (excludes halogenated alkanes) is 42. The van der Waals surface area contributed by atoms with E-state index in [-0.39, 0.29) is 25.6 Å². The second-order valence-corrected chi connectivity index (χ2v) is 27.4. The molecule has 0 saturated carbocycles. The number of quaternary nitrogens is 1. The smallest absolute Gasteiger partial charge is 0.462 e. The lowest BCUT2D eigenvalue weighted by molar-refractivity contribution is -0.870. The third kappa shape index (κ3) is 70.5. The molecule has 0 aliphatic rings. The van der Waals surface area contributed by atoms with Crippen LogP contribution in [0.25, 0.3) is 0 Å². The van der Waals surface area contributed by atoms with Gasteiger partial charge in [0.25, 0.3) is 0 Å². The van der Waals surface area contributed by atoms with Crippen molar-refractivity contribution in [3.8, 4) is 0 Å². The van der Waals surface area contributed by atoms with Crippen LogP contribution in [-0.4, -0.2) is 74.9 Å². The molecule has 0 saturated heterocycles. The third-order valence-corrected chi connectivity index (χ3v) is 17.2. The number of phosphoric ester groups is 1. The van der Waals surface area contributed by atoms with Crippen LogP contribution in [0.3, 0.4) is 0 Å². The van der Waals surface area contributed by atoms with E-state index in [0.29, 0.717) is 23.9 Å². The number of carbonyl (C=O) groups excluding carboxylic acids is 2. The summed E-state index contributed by atoms with van der Waals surface area (Å²) in [5.74, 6) is -0.783. The van der Waals surface area contributed by atoms with E-state index in [4.69, 9.17) is 18.5 Å². The monoisotopic (exact) mass is 1230 g/mol. The molecule has 10 heteroatoms. The van der Waals surface area contributed by atoms with Crippen molar-refractivity contribution in [2.24, 2.45) is 0 Å². The van der Waals surface area contributed by atoms with Crippen molar-refractivity contribution in [2.45, 2.75) is 354 Å². The highest BCUT2D eigenvalue weighted by molar-refractivity contribution is 7.47. The number of nitrogens with zero attached hydrogens (tertiary/aromatic N) is 1. The first kappa shape index (κ1) is 83.5. The average molecular weight is 1230 g/mol. The third-order valence-electron chi connectivity index (χ3n) is 16.2. The Hall–Kier alpha value is -2.55. The summed E-state index contributed by atoms with van der Waals surface area (Å²) in [5, 5.41) is 0. The number of esters is 2. The first-order valence-corrected chi connectivity index (χ1v) is 38.2. The Balaban J connectivity index is 3.96. The molecule has 2 unspecified atom stereocenters. The number of likely N-dealkylation sites (N-methyl/N-ethyl adjacent to an activating group) is 1. The largest absolute Gasteiger partial charge is 0.472 e. The molecule has 0 amide bonds. The van der Waals surface area contributed by atoms with Crippen LogP contribution >= 0.6 is 7.82 Å². The van der Waals surface area contributed by atoms with Crippen molar-refractivity contribution >= 4 is 19.8 Å². The molecule has 502 valence electrons. The fourth-order valence-corrected chi connectivity index (χ4v) is 11.4. The van der Waals surface area contributed by atoms with E-state index in [0.717, 1.165) is 64.2 Å². The zero-order valence-electron chi connectivity index (χ0n) is 57.3. The molecule has 0 aliphatic carbocycles. The van der Waals surface area contributed by atoms with Gasteiger partial charge in [-0.1, -0.05) is 324 Å². The Labute approximate surface area is 533 Å². The van der Waals surface area contributed by atoms with Gasteiger partial charge in [-0.15, -0.1) is 0 Å². The van der Waals surface area contributed by atoms with Gasteiger partial charge < -0.3 is 18.9 Å². The topological polar surface area (TPSA) is 108 Å². The van der Waals surface area contributed by atoms with Crippen molar-refractivity contribution in [3.63, 3.8) is 0 Å². The van der Waals surface area contributed by atoms with E-state index in [1.165, 1.54) is 250 Å². The predicted octanol–water partition coefficient (Wildman–Crippen LogP) is 23.9. The van der Waals surface area contributed by atoms with Crippen molar-refractivity contribution in [3.05, 3.63) is 72.9 Å². The molecule has 0 heterocycles. The number of carbonyl (C=O) groups is 2. The number of phosphoric acid groups is 1. The van der Waals surface area contributed by atoms with Gasteiger partial charge in [-0.25, -0.2) is 4.57 Å². The Morgan fingerprint density at radius 2 is 0.663 bits per heavy atom. The minimum atomic E-state index is -4.39. The molecular weight excluding hydrogens is 1090 g/mol. The van der Waals surface area contributed by atoms with E-state index in [2.05, 4.69) is 86.8 Å². The van der Waals surface area contributed by atoms with E-state index in [9.17, 15) is 19.0 Å². The number of rotatable bonds is 68. The highest BCUT2D eigenvalue weighted by Crippen LogP contribution is 2.43. The molecule has 0 aromatic carbocycles. The van der Waals surface area contributed by atoms with Gasteiger partial charge in [-0.3, -0.25) is 18.6 Å². The summed E-state index contributed by atoms with van der Waals surface area (Å²) in [6.45, 7) is 4.36. The maximum atomic E-state index is 12.9. The SMILES string of the molecule is CC/C=C\C/C=C\C/C=C\C/C=C\CCCCCCCCCCCCCCCCC(=O)OC(COC(=O)CCCCCCCCCCCCCCCCCCCCCCCCC/C=C\C/C=C\CCCCCCC)COP(=O)(O)OCC[N+](C)(C)C. The quantitative estimate of drug-likeness (QED) is 0.0211. The minimum Gasteiger partial charge on any atom is -0.462 e. The number of allylic oxidation sites excluding steroid dienone is 12. The van der Waals surface area contributed by atoms with Crippen molar-refractivity contribution in [1.82, 2.24) is 0 Å². The number of hydrogen-bond acceptors (Lipinski definition) is 7. The van der Waals surface area contributed by atoms with Crippen molar-refractivity contribution < 1.29 is 42.1 Å². The lowest BCUT2D eigenvalue weighted by Crippen LogP contribution is -2.37. The maximum absolute atomic E-state index is 12.9. The zero-order valence-corrected chi connectivity index (χ0v) is 58.2. The van der Waals surface area contributed by atoms with E-state index in [1.807, 2.05) is 21.1 Å². The second-order valence-electron chi connectivity index (χ2n) is 25.9. The lowest BCUT2D eigenvalue weighted by Gasteiger charge is -2.24. The van der Waals surface area contributed by atoms with Crippen LogP contribution in [0.4, 0.5) is 0 Å². The van der Waals surface area contributed by atoms with E-state index >= 15 is 0 Å². The summed E-state index contributed by atoms with van der Waals surface area (Å²) in [5.41, 5.74) is 0. The van der Waals surface area contributed by atoms with Crippen molar-refractivity contribution in [2.75, 3.05) is 47.5 Å². The van der Waals surface area contributed by atoms with Crippen LogP contribution in [0, 0.1) is 0 Å². The van der Waals surface area contributed by atoms with Gasteiger partial charge in [-0.05, 0) is 83.5 Å². The lowest BCUT2D eigenvalue weighted by atomic mass is 10.0. The molecule has 0 aromatic heterocycles. The molecule has 0 fully saturated rings. The van der Waals surface area contributed by atoms with Gasteiger partial charge in [-0.2, -0.15) is 0 Å². The summed E-state index contributed by atoms with van der Waals surface area (Å²) in [6.07, 6.45) is 90.2. The maximum Gasteiger partial charge on any atom is 0.472 e. The molecule has 0 radical (unpaired) electrons. The Bertz CT molecular complexity index is 1680. The molecule has 1 N–H and O–H groups in total. The van der Waals surface area contributed by atoms with Gasteiger partial charge in [0.2, 0.25) is 0 Å². The van der Waals surface area contributed by atoms with Crippen LogP contribution in [0.15, 0.2) is 72.9 Å². The van der Waals surface area contributed by atoms with Gasteiger partial charge in [0.1, 0.15) is 19.8 Å². The minimum absolute atomic E-state index is 0.0317. The summed E-state index contributed by atoms with van der Waals surface area (Å²) in [6, 6.07) is 0. The first-order chi connectivity index (χ1) is 42.0. The first-order valence-electron chi connectivity index (χ1n) is 36.7. The molecule has 0 rings (SSSR count). The number of ether oxygens (including phenoxy) is 2. The van der Waals surface area contributed by atoms with Gasteiger partial charge in [0.15, 0.2) is 6.10 Å². The summed E-state index contributed by atoms with van der Waals surface area (Å²) in [4.78, 5) is 35.9. The Morgan fingerprint density at radius 1 is 0.372 bits per heavy atom. The second kappa shape index (κ2) is 66.9. The fourth-order valence-electron chi connectivity index (χ4n) is 10.6. The van der Waals surface area contributed by atoms with E-state index < -0.39 is 26.5 Å². The van der Waals surface area contributed by atoms with Crippen LogP contribution in [0.5, 0.6) is 0 Å². The van der Waals surface area contributed by atoms with Gasteiger partial charge in [0, 0.05) is 12.8 Å². The van der Waals surface area contributed by atoms with Gasteiger partial charge in [0.05, 0.1) is 27.7 Å². The van der Waals surface area contributed by atoms with Crippen LogP contribution in [0.1, 0.15) is 348 Å². The summed E-state index contributed by atoms with van der Waals surface area (Å²) in [7, 11) is 1.49. The normalized spacial score (nSPS) is 13.5. The van der Waals surface area contributed by atoms with Crippen LogP contribution < -0.4 is 0 Å². The molecule has 0 spiro atoms. The molecule has 2 atom stereocenters. The molecule has 0 aromatic rings. The molecular formula is C76H141NO8P+. The predicted molar refractivity (Wildman–Crippen MR) is 372 cm³/mol. The van der Waals surface area contributed by atoms with Crippen LogP contribution in [-0.2, 0) is 32.7 Å². The summed E-state index contributed by atoms with van der Waals surface area (Å²) < 4.78 is 34.8. The zero-order chi connectivity index (χ0) is 62.6. The fraction of sp³-hybridized carbons (Fsp3) is 0.816. The summed E-state index contributed by atoms with van der Waals surface area (Å²) >= 11 is 0. The molecule has 86 heavy (non-hydrogen) atoms. The Morgan fingerprint density at radius 3 is 0.988 bits per heavy atom. The molecule has 9 nitrogen and oxygen atoms in total. The molecule has 0 aliphatic heterocycles. The average Bonchev–Trinajstić information content (AvgIpc) is 3.53. The highest BCUT2D eigenvalue weighted by atomic mass is 31.2. The standard InChI is InChI=1S/C76H140NO8P/c1-6-8-10-12-14-16-18-20-22-24-26-28-30-32-34-35-36-37-38-39-40-41-43-44-46-48-50-52-54-56-58-60-62-64-66-68-75(78)82-72-74(73-84-86(80,81)83-71-70-77(3,4)5)85-76(79)69-67-65-63-61-59-57-55-53-51-49-47-45-42-33-31-29-27-25-23-21-19-17-15-13-11-9-7-2/h9,11,15,17-18,20-21,23-24,26-27,29,74H,6-8,10,12-14,16,19,22,25,28,30-73H2,1-5H3/p+1/b11-9-,17-15-,20-18-,23-21-,26-24-,29-27-. The Kier molecular flexibility index (Phi) is 64.9.